The van der Waals surface area contributed by atoms with E-state index in [9.17, 15) is 28.0 Å². The standard InChI is InChI=1S/C20H19F3N2O2/c1-12-4-5-15(20(21,22)23)14(6-12)17(27)25-10-19(11-25)7-13(8-24)16(26)18(2,3)9-19/h4-7H,9-11H2,1-3H3. The number of carbonyl (C=O) groups excluding carboxylic acids is 2. The summed E-state index contributed by atoms with van der Waals surface area (Å²) in [4.78, 5) is 26.3. The SMILES string of the molecule is Cc1ccc(C(F)(F)F)c(C(=O)N2CC3(C=C(C#N)C(=O)C(C)(C)C3)C2)c1. The van der Waals surface area contributed by atoms with Gasteiger partial charge in [-0.1, -0.05) is 31.6 Å². The Morgan fingerprint density at radius 2 is 1.89 bits per heavy atom. The van der Waals surface area contributed by atoms with E-state index >= 15 is 0 Å². The predicted octanol–water partition coefficient (Wildman–Crippen LogP) is 3.91. The quantitative estimate of drug-likeness (QED) is 0.747. The number of likely N-dealkylation sites (tertiary alicyclic amines) is 1. The monoisotopic (exact) mass is 376 g/mol. The smallest absolute Gasteiger partial charge is 0.337 e. The number of Topliss-reactive ketones (excluding diaryl/α,β-unsaturated/α-hetero) is 1. The molecule has 1 aromatic rings. The highest BCUT2D eigenvalue weighted by atomic mass is 19.4. The molecule has 0 atom stereocenters. The minimum atomic E-state index is -4.62. The fourth-order valence-electron chi connectivity index (χ4n) is 4.14. The van der Waals surface area contributed by atoms with Crippen molar-refractivity contribution < 1.29 is 22.8 Å². The van der Waals surface area contributed by atoms with Gasteiger partial charge in [0.2, 0.25) is 0 Å². The molecular formula is C20H19F3N2O2. The number of nitrogens with zero attached hydrogens (tertiary/aromatic N) is 2. The third kappa shape index (κ3) is 3.25. The van der Waals surface area contributed by atoms with Gasteiger partial charge in [0, 0.05) is 23.9 Å². The molecule has 142 valence electrons. The third-order valence-corrected chi connectivity index (χ3v) is 5.23. The molecule has 4 nitrogen and oxygen atoms in total. The first-order valence-corrected chi connectivity index (χ1v) is 8.53. The first kappa shape index (κ1) is 19.2. The van der Waals surface area contributed by atoms with Gasteiger partial charge in [-0.15, -0.1) is 0 Å². The Morgan fingerprint density at radius 1 is 1.26 bits per heavy atom. The zero-order valence-corrected chi connectivity index (χ0v) is 15.3. The molecular weight excluding hydrogens is 357 g/mol. The molecule has 0 bridgehead atoms. The van der Waals surface area contributed by atoms with Crippen LogP contribution < -0.4 is 0 Å². The van der Waals surface area contributed by atoms with Gasteiger partial charge >= 0.3 is 6.18 Å². The van der Waals surface area contributed by atoms with Gasteiger partial charge in [-0.2, -0.15) is 18.4 Å². The average Bonchev–Trinajstić information content (AvgIpc) is 2.53. The normalized spacial score (nSPS) is 20.7. The molecule has 1 amide bonds. The van der Waals surface area contributed by atoms with E-state index in [0.717, 1.165) is 6.07 Å². The van der Waals surface area contributed by atoms with E-state index in [-0.39, 0.29) is 30.0 Å². The number of hydrogen-bond acceptors (Lipinski definition) is 3. The van der Waals surface area contributed by atoms with Crippen molar-refractivity contribution in [2.75, 3.05) is 13.1 Å². The van der Waals surface area contributed by atoms with Crippen LogP contribution in [0, 0.1) is 29.1 Å². The van der Waals surface area contributed by atoms with Gasteiger partial charge in [0.1, 0.15) is 6.07 Å². The second kappa shape index (κ2) is 5.95. The number of alkyl halides is 3. The molecule has 7 heteroatoms. The number of hydrogen-bond donors (Lipinski definition) is 0. The average molecular weight is 376 g/mol. The minimum Gasteiger partial charge on any atom is -0.337 e. The highest BCUT2D eigenvalue weighted by Crippen LogP contribution is 2.48. The summed E-state index contributed by atoms with van der Waals surface area (Å²) < 4.78 is 39.8. The third-order valence-electron chi connectivity index (χ3n) is 5.23. The van der Waals surface area contributed by atoms with Crippen LogP contribution in [-0.4, -0.2) is 29.7 Å². The summed E-state index contributed by atoms with van der Waals surface area (Å²) >= 11 is 0. The lowest BCUT2D eigenvalue weighted by atomic mass is 9.61. The van der Waals surface area contributed by atoms with Gasteiger partial charge in [0.05, 0.1) is 16.7 Å². The van der Waals surface area contributed by atoms with Crippen molar-refractivity contribution in [3.8, 4) is 6.07 Å². The Morgan fingerprint density at radius 3 is 2.44 bits per heavy atom. The van der Waals surface area contributed by atoms with Gasteiger partial charge in [-0.3, -0.25) is 9.59 Å². The topological polar surface area (TPSA) is 61.2 Å². The number of ketones is 1. The fraction of sp³-hybridized carbons (Fsp3) is 0.450. The molecule has 0 saturated carbocycles. The van der Waals surface area contributed by atoms with Gasteiger partial charge in [0.25, 0.3) is 5.91 Å². The van der Waals surface area contributed by atoms with Crippen LogP contribution in [0.25, 0.3) is 0 Å². The number of rotatable bonds is 1. The number of allylic oxidation sites excluding steroid dienone is 1. The number of benzene rings is 1. The lowest BCUT2D eigenvalue weighted by Crippen LogP contribution is -2.61. The Balaban J connectivity index is 1.88. The van der Waals surface area contributed by atoms with E-state index in [1.165, 1.54) is 17.0 Å². The lowest BCUT2D eigenvalue weighted by Gasteiger charge is -2.53. The molecule has 1 heterocycles. The minimum absolute atomic E-state index is 0.0601. The number of halogens is 3. The molecule has 0 unspecified atom stereocenters. The summed E-state index contributed by atoms with van der Waals surface area (Å²) in [5.41, 5.74) is -1.97. The van der Waals surface area contributed by atoms with Crippen LogP contribution in [0.1, 0.15) is 41.8 Å². The van der Waals surface area contributed by atoms with Crippen LogP contribution >= 0.6 is 0 Å². The molecule has 2 aliphatic rings. The molecule has 1 saturated heterocycles. The summed E-state index contributed by atoms with van der Waals surface area (Å²) in [6.45, 7) is 5.51. The molecule has 1 aliphatic heterocycles. The first-order valence-electron chi connectivity index (χ1n) is 8.53. The zero-order valence-electron chi connectivity index (χ0n) is 15.3. The molecule has 27 heavy (non-hydrogen) atoms. The highest BCUT2D eigenvalue weighted by molar-refractivity contribution is 6.04. The second-order valence-electron chi connectivity index (χ2n) is 8.13. The van der Waals surface area contributed by atoms with Gasteiger partial charge in [0.15, 0.2) is 5.78 Å². The number of carbonyl (C=O) groups is 2. The van der Waals surface area contributed by atoms with E-state index in [1.807, 2.05) is 6.07 Å². The first-order chi connectivity index (χ1) is 12.4. The highest BCUT2D eigenvalue weighted by Gasteiger charge is 2.52. The molecule has 1 fully saturated rings. The summed E-state index contributed by atoms with van der Waals surface area (Å²) in [6, 6.07) is 5.41. The van der Waals surface area contributed by atoms with Crippen LogP contribution in [0.2, 0.25) is 0 Å². The number of nitriles is 1. The van der Waals surface area contributed by atoms with Gasteiger partial charge in [-0.05, 0) is 25.5 Å². The van der Waals surface area contributed by atoms with Crippen molar-refractivity contribution in [3.63, 3.8) is 0 Å². The molecule has 0 aromatic heterocycles. The van der Waals surface area contributed by atoms with Crippen molar-refractivity contribution >= 4 is 11.7 Å². The molecule has 1 aliphatic carbocycles. The molecule has 1 spiro atoms. The van der Waals surface area contributed by atoms with Crippen LogP contribution in [-0.2, 0) is 11.0 Å². The van der Waals surface area contributed by atoms with Crippen LogP contribution in [0.4, 0.5) is 13.2 Å². The maximum Gasteiger partial charge on any atom is 0.417 e. The maximum atomic E-state index is 13.3. The largest absolute Gasteiger partial charge is 0.417 e. The Labute approximate surface area is 155 Å². The van der Waals surface area contributed by atoms with Crippen molar-refractivity contribution in [2.24, 2.45) is 10.8 Å². The number of amides is 1. The van der Waals surface area contributed by atoms with Crippen molar-refractivity contribution in [1.82, 2.24) is 4.90 Å². The lowest BCUT2D eigenvalue weighted by molar-refractivity contribution is -0.138. The molecule has 1 aromatic carbocycles. The Kier molecular flexibility index (Phi) is 4.22. The Bertz CT molecular complexity index is 901. The van der Waals surface area contributed by atoms with Crippen LogP contribution in [0.5, 0.6) is 0 Å². The van der Waals surface area contributed by atoms with Crippen molar-refractivity contribution in [1.29, 1.82) is 5.26 Å². The van der Waals surface area contributed by atoms with Gasteiger partial charge in [-0.25, -0.2) is 0 Å². The molecule has 3 rings (SSSR count). The summed E-state index contributed by atoms with van der Waals surface area (Å²) in [7, 11) is 0. The van der Waals surface area contributed by atoms with Crippen molar-refractivity contribution in [3.05, 3.63) is 46.5 Å². The molecule has 0 N–H and O–H groups in total. The predicted molar refractivity (Wildman–Crippen MR) is 91.6 cm³/mol. The summed E-state index contributed by atoms with van der Waals surface area (Å²) in [6.07, 6.45) is -2.58. The van der Waals surface area contributed by atoms with E-state index in [4.69, 9.17) is 0 Å². The van der Waals surface area contributed by atoms with Crippen LogP contribution in [0.3, 0.4) is 0 Å². The van der Waals surface area contributed by atoms with E-state index in [0.29, 0.717) is 12.0 Å². The van der Waals surface area contributed by atoms with E-state index < -0.39 is 28.5 Å². The zero-order chi connectivity index (χ0) is 20.2. The van der Waals surface area contributed by atoms with Crippen molar-refractivity contribution in [2.45, 2.75) is 33.4 Å². The van der Waals surface area contributed by atoms with E-state index in [2.05, 4.69) is 0 Å². The maximum absolute atomic E-state index is 13.3. The van der Waals surface area contributed by atoms with E-state index in [1.54, 1.807) is 26.8 Å². The summed E-state index contributed by atoms with van der Waals surface area (Å²) in [5, 5.41) is 9.21. The molecule has 0 radical (unpaired) electrons. The fourth-order valence-corrected chi connectivity index (χ4v) is 4.14. The summed E-state index contributed by atoms with van der Waals surface area (Å²) in [5.74, 6) is -0.920. The van der Waals surface area contributed by atoms with Gasteiger partial charge < -0.3 is 4.90 Å². The Hall–Kier alpha value is -2.62. The number of aryl methyl sites for hydroxylation is 1. The van der Waals surface area contributed by atoms with Crippen LogP contribution in [0.15, 0.2) is 29.8 Å². The second-order valence-corrected chi connectivity index (χ2v) is 8.13.